The number of aromatic nitrogens is 2. The topological polar surface area (TPSA) is 52.2 Å². The summed E-state index contributed by atoms with van der Waals surface area (Å²) in [7, 11) is 0. The summed E-state index contributed by atoms with van der Waals surface area (Å²) < 4.78 is 13.3. The van der Waals surface area contributed by atoms with Crippen LogP contribution in [-0.4, -0.2) is 40.8 Å². The first kappa shape index (κ1) is 17.9. The Kier molecular flexibility index (Phi) is 5.39. The van der Waals surface area contributed by atoms with Crippen molar-refractivity contribution in [2.24, 2.45) is 0 Å². The number of rotatable bonds is 4. The molecule has 0 spiro atoms. The minimum absolute atomic E-state index is 0.191. The Morgan fingerprint density at radius 2 is 2.20 bits per heavy atom. The number of nitrogens with one attached hydrogen (secondary N) is 1. The van der Waals surface area contributed by atoms with E-state index >= 15 is 0 Å². The first-order chi connectivity index (χ1) is 12.0. The fraction of sp³-hybridized carbons (Fsp3) is 0.444. The van der Waals surface area contributed by atoms with Gasteiger partial charge in [0, 0.05) is 32.2 Å². The van der Waals surface area contributed by atoms with Gasteiger partial charge in [-0.2, -0.15) is 5.10 Å². The molecule has 1 atom stereocenters. The summed E-state index contributed by atoms with van der Waals surface area (Å²) in [6.45, 7) is 7.32. The number of nitrogens with zero attached hydrogens (tertiary/aromatic N) is 3. The number of H-pyrrole nitrogens is 1. The van der Waals surface area contributed by atoms with E-state index in [-0.39, 0.29) is 22.4 Å². The molecule has 2 aromatic rings. The van der Waals surface area contributed by atoms with Crippen molar-refractivity contribution in [2.45, 2.75) is 32.9 Å². The highest BCUT2D eigenvalue weighted by Crippen LogP contribution is 2.27. The molecule has 1 saturated heterocycles. The number of aryl methyl sites for hydroxylation is 1. The van der Waals surface area contributed by atoms with E-state index in [0.717, 1.165) is 43.7 Å². The minimum atomic E-state index is -0.363. The lowest BCUT2D eigenvalue weighted by Crippen LogP contribution is -2.53. The van der Waals surface area contributed by atoms with Gasteiger partial charge in [-0.1, -0.05) is 24.6 Å². The SMILES string of the molecule is CCC1CN(Cc2ccc(F)cc2C)CCN1c1cn[nH]c(=O)c1Cl. The van der Waals surface area contributed by atoms with Crippen LogP contribution in [0.25, 0.3) is 0 Å². The number of hydrogen-bond acceptors (Lipinski definition) is 4. The Bertz CT molecular complexity index is 810. The van der Waals surface area contributed by atoms with Crippen LogP contribution in [0.2, 0.25) is 5.02 Å². The van der Waals surface area contributed by atoms with E-state index in [1.54, 1.807) is 12.3 Å². The highest BCUT2D eigenvalue weighted by atomic mass is 35.5. The maximum absolute atomic E-state index is 13.3. The van der Waals surface area contributed by atoms with Crippen LogP contribution in [0.5, 0.6) is 0 Å². The molecule has 134 valence electrons. The molecule has 2 heterocycles. The van der Waals surface area contributed by atoms with Crippen LogP contribution in [0.4, 0.5) is 10.1 Å². The lowest BCUT2D eigenvalue weighted by atomic mass is 10.0. The number of hydrogen-bond donors (Lipinski definition) is 1. The Hall–Kier alpha value is -1.92. The largest absolute Gasteiger partial charge is 0.363 e. The van der Waals surface area contributed by atoms with Gasteiger partial charge in [0.2, 0.25) is 0 Å². The molecule has 0 saturated carbocycles. The smallest absolute Gasteiger partial charge is 0.285 e. The molecule has 1 fully saturated rings. The molecule has 7 heteroatoms. The normalized spacial score (nSPS) is 18.6. The van der Waals surface area contributed by atoms with Crippen molar-refractivity contribution in [1.82, 2.24) is 15.1 Å². The minimum Gasteiger partial charge on any atom is -0.363 e. The first-order valence-corrected chi connectivity index (χ1v) is 8.84. The molecule has 1 aliphatic heterocycles. The maximum atomic E-state index is 13.3. The summed E-state index contributed by atoms with van der Waals surface area (Å²) in [5.41, 5.74) is 2.44. The number of aromatic amines is 1. The van der Waals surface area contributed by atoms with Crippen molar-refractivity contribution < 1.29 is 4.39 Å². The zero-order chi connectivity index (χ0) is 18.0. The van der Waals surface area contributed by atoms with Gasteiger partial charge in [0.25, 0.3) is 5.56 Å². The second kappa shape index (κ2) is 7.54. The van der Waals surface area contributed by atoms with Crippen LogP contribution in [-0.2, 0) is 6.54 Å². The zero-order valence-corrected chi connectivity index (χ0v) is 15.2. The molecule has 1 aromatic heterocycles. The molecule has 25 heavy (non-hydrogen) atoms. The predicted molar refractivity (Wildman–Crippen MR) is 97.7 cm³/mol. The monoisotopic (exact) mass is 364 g/mol. The van der Waals surface area contributed by atoms with Gasteiger partial charge in [0.15, 0.2) is 0 Å². The van der Waals surface area contributed by atoms with Crippen LogP contribution < -0.4 is 10.5 Å². The van der Waals surface area contributed by atoms with E-state index < -0.39 is 0 Å². The van der Waals surface area contributed by atoms with Crippen molar-refractivity contribution in [3.8, 4) is 0 Å². The number of benzene rings is 1. The Balaban J connectivity index is 1.75. The van der Waals surface area contributed by atoms with Crippen molar-refractivity contribution >= 4 is 17.3 Å². The van der Waals surface area contributed by atoms with Crippen molar-refractivity contribution in [3.05, 3.63) is 56.7 Å². The average Bonchev–Trinajstić information content (AvgIpc) is 2.60. The summed E-state index contributed by atoms with van der Waals surface area (Å²) in [5.74, 6) is -0.200. The second-order valence-corrected chi connectivity index (χ2v) is 6.84. The molecular formula is C18H22ClFN4O. The average molecular weight is 365 g/mol. The molecule has 0 radical (unpaired) electrons. The third-order valence-corrected chi connectivity index (χ3v) is 5.19. The molecule has 0 aliphatic carbocycles. The van der Waals surface area contributed by atoms with Crippen LogP contribution in [0, 0.1) is 12.7 Å². The van der Waals surface area contributed by atoms with E-state index in [1.807, 2.05) is 13.0 Å². The van der Waals surface area contributed by atoms with Gasteiger partial charge < -0.3 is 4.90 Å². The summed E-state index contributed by atoms with van der Waals surface area (Å²) in [6, 6.07) is 5.19. The molecule has 0 amide bonds. The molecule has 1 aromatic carbocycles. The van der Waals surface area contributed by atoms with Crippen LogP contribution in [0.1, 0.15) is 24.5 Å². The number of halogens is 2. The lowest BCUT2D eigenvalue weighted by Gasteiger charge is -2.42. The van der Waals surface area contributed by atoms with Gasteiger partial charge in [-0.15, -0.1) is 0 Å². The quantitative estimate of drug-likeness (QED) is 0.906. The molecule has 3 rings (SSSR count). The number of anilines is 1. The van der Waals surface area contributed by atoms with Crippen molar-refractivity contribution in [1.29, 1.82) is 0 Å². The highest BCUT2D eigenvalue weighted by Gasteiger charge is 2.28. The second-order valence-electron chi connectivity index (χ2n) is 6.46. The van der Waals surface area contributed by atoms with E-state index in [0.29, 0.717) is 5.69 Å². The third kappa shape index (κ3) is 3.85. The van der Waals surface area contributed by atoms with Crippen molar-refractivity contribution in [3.63, 3.8) is 0 Å². The first-order valence-electron chi connectivity index (χ1n) is 8.46. The summed E-state index contributed by atoms with van der Waals surface area (Å²) in [6.07, 6.45) is 2.55. The Morgan fingerprint density at radius 3 is 2.92 bits per heavy atom. The van der Waals surface area contributed by atoms with Gasteiger partial charge in [0.1, 0.15) is 10.8 Å². The highest BCUT2D eigenvalue weighted by molar-refractivity contribution is 6.33. The summed E-state index contributed by atoms with van der Waals surface area (Å²) >= 11 is 6.18. The van der Waals surface area contributed by atoms with Crippen molar-refractivity contribution in [2.75, 3.05) is 24.5 Å². The van der Waals surface area contributed by atoms with Gasteiger partial charge in [-0.25, -0.2) is 9.49 Å². The molecule has 1 unspecified atom stereocenters. The van der Waals surface area contributed by atoms with Crippen LogP contribution in [0.3, 0.4) is 0 Å². The van der Waals surface area contributed by atoms with Crippen LogP contribution in [0.15, 0.2) is 29.2 Å². The van der Waals surface area contributed by atoms with E-state index in [1.165, 1.54) is 6.07 Å². The standard InChI is InChI=1S/C18H22ClFN4O/c1-3-15-11-23(10-13-4-5-14(20)8-12(13)2)6-7-24(15)16-9-21-22-18(25)17(16)19/h4-5,8-9,15H,3,6-7,10-11H2,1-2H3,(H,22,25). The van der Waals surface area contributed by atoms with Gasteiger partial charge in [-0.05, 0) is 36.6 Å². The van der Waals surface area contributed by atoms with Crippen LogP contribution >= 0.6 is 11.6 Å². The molecule has 5 nitrogen and oxygen atoms in total. The lowest BCUT2D eigenvalue weighted by molar-refractivity contribution is 0.212. The Labute approximate surface area is 151 Å². The fourth-order valence-corrected chi connectivity index (χ4v) is 3.58. The van der Waals surface area contributed by atoms with E-state index in [9.17, 15) is 9.18 Å². The predicted octanol–water partition coefficient (Wildman–Crippen LogP) is 2.97. The van der Waals surface area contributed by atoms with Gasteiger partial charge in [-0.3, -0.25) is 9.69 Å². The molecule has 0 bridgehead atoms. The van der Waals surface area contributed by atoms with E-state index in [4.69, 9.17) is 11.6 Å². The summed E-state index contributed by atoms with van der Waals surface area (Å²) in [4.78, 5) is 16.3. The Morgan fingerprint density at radius 1 is 1.40 bits per heavy atom. The van der Waals surface area contributed by atoms with E-state index in [2.05, 4.69) is 26.9 Å². The van der Waals surface area contributed by atoms with Gasteiger partial charge in [0.05, 0.1) is 11.9 Å². The zero-order valence-electron chi connectivity index (χ0n) is 14.4. The maximum Gasteiger partial charge on any atom is 0.285 e. The number of piperazine rings is 1. The molecular weight excluding hydrogens is 343 g/mol. The van der Waals surface area contributed by atoms with Gasteiger partial charge >= 0.3 is 0 Å². The molecule has 1 N–H and O–H groups in total. The molecule has 1 aliphatic rings. The summed E-state index contributed by atoms with van der Waals surface area (Å²) in [5, 5.41) is 6.43. The fourth-order valence-electron chi connectivity index (χ4n) is 3.38. The third-order valence-electron chi connectivity index (χ3n) is 4.82.